The van der Waals surface area contributed by atoms with Crippen LogP contribution in [0.15, 0.2) is 46.6 Å². The molecule has 1 aliphatic rings. The summed E-state index contributed by atoms with van der Waals surface area (Å²) < 4.78 is 4.83. The van der Waals surface area contributed by atoms with E-state index in [0.717, 1.165) is 0 Å². The summed E-state index contributed by atoms with van der Waals surface area (Å²) in [6.07, 6.45) is 2.87. The van der Waals surface area contributed by atoms with Crippen LogP contribution in [0.3, 0.4) is 0 Å². The summed E-state index contributed by atoms with van der Waals surface area (Å²) in [6, 6.07) is 8.50. The predicted octanol–water partition coefficient (Wildman–Crippen LogP) is 1.71. The van der Waals surface area contributed by atoms with Crippen molar-refractivity contribution in [3.05, 3.63) is 47.2 Å². The first-order valence-electron chi connectivity index (χ1n) is 6.28. The Kier molecular flexibility index (Phi) is 4.36. The summed E-state index contributed by atoms with van der Waals surface area (Å²) in [4.78, 5) is 15.8. The Morgan fingerprint density at radius 3 is 2.90 bits per heavy atom. The number of hydrogen-bond donors (Lipinski definition) is 2. The molecular weight excluding hydrogens is 270 g/mol. The van der Waals surface area contributed by atoms with E-state index in [1.165, 1.54) is 18.5 Å². The zero-order valence-corrected chi connectivity index (χ0v) is 11.3. The van der Waals surface area contributed by atoms with Crippen LogP contribution >= 0.6 is 0 Å². The second kappa shape index (κ2) is 6.39. The maximum absolute atomic E-state index is 11.7. The number of hydrogen-bond acceptors (Lipinski definition) is 6. The van der Waals surface area contributed by atoms with Crippen LogP contribution in [-0.4, -0.2) is 24.0 Å². The zero-order valence-electron chi connectivity index (χ0n) is 11.3. The van der Waals surface area contributed by atoms with Gasteiger partial charge < -0.3 is 15.2 Å². The molecule has 6 heteroatoms. The van der Waals surface area contributed by atoms with E-state index in [2.05, 4.69) is 10.3 Å². The molecule has 0 atom stereocenters. The fraction of sp³-hybridized carbons (Fsp3) is 0.133. The van der Waals surface area contributed by atoms with Crippen LogP contribution in [0.4, 0.5) is 0 Å². The summed E-state index contributed by atoms with van der Waals surface area (Å²) in [7, 11) is 0. The highest BCUT2D eigenvalue weighted by atomic mass is 16.5. The molecule has 0 unspecified atom stereocenters. The number of aliphatic imine (C=N–C) groups is 1. The van der Waals surface area contributed by atoms with Crippen LogP contribution < -0.4 is 5.32 Å². The Labute approximate surface area is 121 Å². The van der Waals surface area contributed by atoms with Gasteiger partial charge in [-0.25, -0.2) is 9.79 Å². The van der Waals surface area contributed by atoms with Gasteiger partial charge in [0.25, 0.3) is 0 Å². The first-order valence-corrected chi connectivity index (χ1v) is 6.28. The summed E-state index contributed by atoms with van der Waals surface area (Å²) in [6.45, 7) is 1.85. The van der Waals surface area contributed by atoms with Crippen molar-refractivity contribution in [1.82, 2.24) is 5.32 Å². The number of nitrogens with one attached hydrogen (secondary N) is 1. The van der Waals surface area contributed by atoms with Gasteiger partial charge in [0.05, 0.1) is 24.3 Å². The molecule has 0 saturated carbocycles. The van der Waals surface area contributed by atoms with Gasteiger partial charge in [-0.2, -0.15) is 5.26 Å². The van der Waals surface area contributed by atoms with Crippen molar-refractivity contribution in [1.29, 1.82) is 5.26 Å². The minimum Gasteiger partial charge on any atom is -0.507 e. The normalized spacial score (nSPS) is 15.5. The van der Waals surface area contributed by atoms with Crippen molar-refractivity contribution >= 4 is 18.0 Å². The number of allylic oxidation sites excluding steroid dienone is 1. The summed E-state index contributed by atoms with van der Waals surface area (Å²) in [5.41, 5.74) is 1.09. The smallest absolute Gasteiger partial charge is 0.351 e. The van der Waals surface area contributed by atoms with Crippen LogP contribution in [0.25, 0.3) is 5.70 Å². The number of rotatable bonds is 3. The van der Waals surface area contributed by atoms with E-state index in [-0.39, 0.29) is 23.6 Å². The van der Waals surface area contributed by atoms with Crippen molar-refractivity contribution in [2.45, 2.75) is 6.92 Å². The van der Waals surface area contributed by atoms with Crippen molar-refractivity contribution in [3.8, 4) is 11.8 Å². The van der Waals surface area contributed by atoms with Gasteiger partial charge in [-0.3, -0.25) is 0 Å². The zero-order chi connectivity index (χ0) is 15.2. The molecule has 6 nitrogen and oxygen atoms in total. The number of para-hydroxylation sites is 1. The Morgan fingerprint density at radius 2 is 2.24 bits per heavy atom. The molecule has 106 valence electrons. The number of nitrogens with zero attached hydrogens (tertiary/aromatic N) is 2. The Bertz CT molecular complexity index is 696. The number of carbonyl (C=O) groups excluding carboxylic acids is 1. The number of phenols is 1. The van der Waals surface area contributed by atoms with E-state index in [4.69, 9.17) is 10.00 Å². The van der Waals surface area contributed by atoms with Gasteiger partial charge in [0.1, 0.15) is 11.8 Å². The number of esters is 1. The monoisotopic (exact) mass is 283 g/mol. The van der Waals surface area contributed by atoms with Gasteiger partial charge in [-0.1, -0.05) is 12.1 Å². The molecule has 2 N–H and O–H groups in total. The van der Waals surface area contributed by atoms with E-state index >= 15 is 0 Å². The number of phenolic OH excluding ortho intramolecular Hbond substituents is 1. The molecule has 0 aliphatic carbocycles. The molecule has 0 radical (unpaired) electrons. The summed E-state index contributed by atoms with van der Waals surface area (Å²) >= 11 is 0. The Morgan fingerprint density at radius 1 is 1.48 bits per heavy atom. The average molecular weight is 283 g/mol. The average Bonchev–Trinajstić information content (AvgIpc) is 2.49. The third-order valence-corrected chi connectivity index (χ3v) is 2.75. The maximum atomic E-state index is 11.7. The van der Waals surface area contributed by atoms with Gasteiger partial charge in [0.2, 0.25) is 0 Å². The number of ether oxygens (including phenoxy) is 1. The lowest BCUT2D eigenvalue weighted by atomic mass is 10.1. The lowest BCUT2D eigenvalue weighted by Gasteiger charge is -2.13. The Hall–Kier alpha value is -3.07. The molecule has 0 fully saturated rings. The largest absolute Gasteiger partial charge is 0.507 e. The van der Waals surface area contributed by atoms with E-state index in [1.807, 2.05) is 6.07 Å². The quantitative estimate of drug-likeness (QED) is 0.500. The number of nitriles is 1. The van der Waals surface area contributed by atoms with Crippen LogP contribution in [0, 0.1) is 11.3 Å². The molecule has 21 heavy (non-hydrogen) atoms. The predicted molar refractivity (Wildman–Crippen MR) is 77.0 cm³/mol. The molecule has 0 aromatic heterocycles. The summed E-state index contributed by atoms with van der Waals surface area (Å²) in [5.74, 6) is -0.637. The Balaban J connectivity index is 2.45. The minimum absolute atomic E-state index is 0.0665. The van der Waals surface area contributed by atoms with Crippen LogP contribution in [-0.2, 0) is 9.53 Å². The van der Waals surface area contributed by atoms with Crippen molar-refractivity contribution < 1.29 is 14.6 Å². The van der Waals surface area contributed by atoms with Gasteiger partial charge in [0, 0.05) is 5.56 Å². The second-order valence-electron chi connectivity index (χ2n) is 4.07. The van der Waals surface area contributed by atoms with E-state index in [1.54, 1.807) is 25.1 Å². The van der Waals surface area contributed by atoms with Crippen LogP contribution in [0.5, 0.6) is 5.75 Å². The highest BCUT2D eigenvalue weighted by Crippen LogP contribution is 2.27. The number of aromatic hydroxyl groups is 1. The van der Waals surface area contributed by atoms with Gasteiger partial charge >= 0.3 is 5.97 Å². The maximum Gasteiger partial charge on any atom is 0.351 e. The standard InChI is InChI=1S/C15H13N3O3/c1-2-21-15(20)11(8-16)13-7-12(17-9-18-13)10-5-3-4-6-14(10)19/h3-7,9,19H,2H2,1H3,(H,17,18)/b13-11-. The number of carbonyl (C=O) groups is 1. The molecular formula is C15H13N3O3. The third kappa shape index (κ3) is 3.09. The molecule has 1 aliphatic heterocycles. The van der Waals surface area contributed by atoms with Gasteiger partial charge in [-0.05, 0) is 25.1 Å². The highest BCUT2D eigenvalue weighted by Gasteiger charge is 2.18. The molecule has 2 rings (SSSR count). The molecule has 0 amide bonds. The fourth-order valence-corrected chi connectivity index (χ4v) is 1.79. The summed E-state index contributed by atoms with van der Waals surface area (Å²) in [5, 5.41) is 21.7. The first kappa shape index (κ1) is 14.3. The minimum atomic E-state index is -0.703. The molecule has 1 aromatic carbocycles. The fourth-order valence-electron chi connectivity index (χ4n) is 1.79. The SMILES string of the molecule is CCOC(=O)/C(C#N)=C1/C=C(c2ccccc2O)N=CN1. The van der Waals surface area contributed by atoms with E-state index in [0.29, 0.717) is 11.3 Å². The van der Waals surface area contributed by atoms with Crippen molar-refractivity contribution in [3.63, 3.8) is 0 Å². The van der Waals surface area contributed by atoms with E-state index in [9.17, 15) is 9.90 Å². The molecule has 1 aromatic rings. The molecule has 0 spiro atoms. The lowest BCUT2D eigenvalue weighted by molar-refractivity contribution is -0.138. The van der Waals surface area contributed by atoms with Crippen molar-refractivity contribution in [2.75, 3.05) is 6.61 Å². The highest BCUT2D eigenvalue weighted by molar-refractivity contribution is 5.96. The van der Waals surface area contributed by atoms with Crippen LogP contribution in [0.2, 0.25) is 0 Å². The molecule has 0 saturated heterocycles. The molecule has 0 bridgehead atoms. The third-order valence-electron chi connectivity index (χ3n) is 2.75. The topological polar surface area (TPSA) is 94.7 Å². The van der Waals surface area contributed by atoms with Gasteiger partial charge in [-0.15, -0.1) is 0 Å². The lowest BCUT2D eigenvalue weighted by Crippen LogP contribution is -2.19. The molecule has 1 heterocycles. The van der Waals surface area contributed by atoms with Crippen molar-refractivity contribution in [2.24, 2.45) is 4.99 Å². The van der Waals surface area contributed by atoms with Crippen LogP contribution in [0.1, 0.15) is 12.5 Å². The van der Waals surface area contributed by atoms with E-state index < -0.39 is 5.97 Å². The van der Waals surface area contributed by atoms with Gasteiger partial charge in [0.15, 0.2) is 5.57 Å². The first-order chi connectivity index (χ1) is 10.2. The number of benzene rings is 1. The second-order valence-corrected chi connectivity index (χ2v) is 4.07.